The van der Waals surface area contributed by atoms with Crippen LogP contribution in [0.15, 0.2) is 6.20 Å². The first-order valence-corrected chi connectivity index (χ1v) is 7.44. The van der Waals surface area contributed by atoms with E-state index in [2.05, 4.69) is 29.5 Å². The van der Waals surface area contributed by atoms with E-state index in [9.17, 15) is 0 Å². The molecule has 2 N–H and O–H groups in total. The van der Waals surface area contributed by atoms with Crippen molar-refractivity contribution in [2.45, 2.75) is 58.7 Å². The van der Waals surface area contributed by atoms with Crippen molar-refractivity contribution in [2.75, 3.05) is 6.61 Å². The summed E-state index contributed by atoms with van der Waals surface area (Å²) >= 11 is 0. The lowest BCUT2D eigenvalue weighted by Gasteiger charge is -2.34. The lowest BCUT2D eigenvalue weighted by Crippen LogP contribution is -2.40. The van der Waals surface area contributed by atoms with E-state index in [0.717, 1.165) is 37.0 Å². The molecule has 1 fully saturated rings. The summed E-state index contributed by atoms with van der Waals surface area (Å²) in [6, 6.07) is 0.603. The third-order valence-corrected chi connectivity index (χ3v) is 4.38. The van der Waals surface area contributed by atoms with Crippen molar-refractivity contribution in [2.24, 2.45) is 11.8 Å². The van der Waals surface area contributed by atoms with Gasteiger partial charge in [0.05, 0.1) is 5.69 Å². The highest BCUT2D eigenvalue weighted by molar-refractivity contribution is 4.93. The van der Waals surface area contributed by atoms with Crippen molar-refractivity contribution < 1.29 is 5.11 Å². The Hall–Kier alpha value is -0.940. The predicted octanol–water partition coefficient (Wildman–Crippen LogP) is 1.57. The quantitative estimate of drug-likeness (QED) is 0.820. The van der Waals surface area contributed by atoms with E-state index in [-0.39, 0.29) is 6.61 Å². The van der Waals surface area contributed by atoms with Gasteiger partial charge in [-0.05, 0) is 24.7 Å². The molecule has 5 heteroatoms. The van der Waals surface area contributed by atoms with Gasteiger partial charge in [-0.25, -0.2) is 0 Å². The first-order valence-electron chi connectivity index (χ1n) is 7.44. The molecule has 0 bridgehead atoms. The molecule has 5 nitrogen and oxygen atoms in total. The van der Waals surface area contributed by atoms with Gasteiger partial charge < -0.3 is 10.4 Å². The summed E-state index contributed by atoms with van der Waals surface area (Å²) in [7, 11) is 0. The Labute approximate surface area is 115 Å². The summed E-state index contributed by atoms with van der Waals surface area (Å²) < 4.78 is 1.81. The second-order valence-electron chi connectivity index (χ2n) is 5.80. The zero-order valence-corrected chi connectivity index (χ0v) is 12.0. The van der Waals surface area contributed by atoms with Crippen molar-refractivity contribution >= 4 is 0 Å². The highest BCUT2D eigenvalue weighted by Crippen LogP contribution is 2.29. The largest absolute Gasteiger partial charge is 0.396 e. The van der Waals surface area contributed by atoms with Crippen molar-refractivity contribution in [3.05, 3.63) is 11.9 Å². The third-order valence-electron chi connectivity index (χ3n) is 4.38. The molecule has 108 valence electrons. The van der Waals surface area contributed by atoms with Gasteiger partial charge in [-0.3, -0.25) is 4.68 Å². The topological polar surface area (TPSA) is 63.0 Å². The van der Waals surface area contributed by atoms with E-state index in [0.29, 0.717) is 6.04 Å². The first kappa shape index (κ1) is 14.5. The Morgan fingerprint density at radius 2 is 2.26 bits per heavy atom. The number of aromatic nitrogens is 3. The molecule has 0 saturated heterocycles. The molecule has 2 rings (SSSR count). The summed E-state index contributed by atoms with van der Waals surface area (Å²) in [6.45, 7) is 6.43. The number of nitrogens with zero attached hydrogens (tertiary/aromatic N) is 3. The first-order chi connectivity index (χ1) is 9.20. The zero-order valence-electron chi connectivity index (χ0n) is 12.0. The molecule has 1 aromatic heterocycles. The molecule has 1 aromatic rings. The summed E-state index contributed by atoms with van der Waals surface area (Å²) in [5, 5.41) is 20.6. The molecular formula is C14H26N4O. The van der Waals surface area contributed by atoms with Crippen LogP contribution in [-0.4, -0.2) is 32.7 Å². The molecule has 0 amide bonds. The fraction of sp³-hybridized carbons (Fsp3) is 0.857. The highest BCUT2D eigenvalue weighted by atomic mass is 16.3. The molecule has 1 saturated carbocycles. The van der Waals surface area contributed by atoms with Gasteiger partial charge in [-0.1, -0.05) is 31.9 Å². The lowest BCUT2D eigenvalue weighted by molar-refractivity contribution is 0.205. The maximum absolute atomic E-state index is 8.79. The molecule has 0 spiro atoms. The standard InChI is InChI=1S/C14H26N4O/c1-11-5-3-6-14(12(11)2)15-9-13-10-18(17-16-13)7-4-8-19/h10-12,14-15,19H,3-9H2,1-2H3. The van der Waals surface area contributed by atoms with Crippen LogP contribution in [0, 0.1) is 11.8 Å². The average molecular weight is 266 g/mol. The summed E-state index contributed by atoms with van der Waals surface area (Å²) in [6.07, 6.45) is 6.65. The number of aliphatic hydroxyl groups is 1. The van der Waals surface area contributed by atoms with Crippen molar-refractivity contribution in [3.8, 4) is 0 Å². The van der Waals surface area contributed by atoms with Crippen LogP contribution in [-0.2, 0) is 13.1 Å². The summed E-state index contributed by atoms with van der Waals surface area (Å²) in [4.78, 5) is 0. The molecule has 0 aliphatic heterocycles. The van der Waals surface area contributed by atoms with E-state index in [1.54, 1.807) is 4.68 Å². The molecule has 3 atom stereocenters. The fourth-order valence-corrected chi connectivity index (χ4v) is 2.87. The Bertz CT molecular complexity index is 379. The van der Waals surface area contributed by atoms with Gasteiger partial charge in [0.2, 0.25) is 0 Å². The average Bonchev–Trinajstić information content (AvgIpc) is 2.86. The van der Waals surface area contributed by atoms with Crippen LogP contribution < -0.4 is 5.32 Å². The van der Waals surface area contributed by atoms with Crippen LogP contribution in [0.3, 0.4) is 0 Å². The zero-order chi connectivity index (χ0) is 13.7. The Balaban J connectivity index is 1.79. The number of aliphatic hydroxyl groups excluding tert-OH is 1. The number of hydrogen-bond donors (Lipinski definition) is 2. The Morgan fingerprint density at radius 1 is 1.42 bits per heavy atom. The molecule has 0 aromatic carbocycles. The number of hydrogen-bond acceptors (Lipinski definition) is 4. The van der Waals surface area contributed by atoms with Crippen LogP contribution in [0.25, 0.3) is 0 Å². The Morgan fingerprint density at radius 3 is 3.05 bits per heavy atom. The minimum Gasteiger partial charge on any atom is -0.396 e. The van der Waals surface area contributed by atoms with E-state index in [1.165, 1.54) is 19.3 Å². The van der Waals surface area contributed by atoms with Crippen LogP contribution >= 0.6 is 0 Å². The van der Waals surface area contributed by atoms with E-state index >= 15 is 0 Å². The van der Waals surface area contributed by atoms with Gasteiger partial charge in [0.25, 0.3) is 0 Å². The van der Waals surface area contributed by atoms with Crippen LogP contribution in [0.1, 0.15) is 45.2 Å². The number of nitrogens with one attached hydrogen (secondary N) is 1. The van der Waals surface area contributed by atoms with Gasteiger partial charge >= 0.3 is 0 Å². The van der Waals surface area contributed by atoms with Gasteiger partial charge in [-0.2, -0.15) is 0 Å². The second kappa shape index (κ2) is 7.01. The van der Waals surface area contributed by atoms with Crippen molar-refractivity contribution in [1.82, 2.24) is 20.3 Å². The predicted molar refractivity (Wildman–Crippen MR) is 74.5 cm³/mol. The minimum absolute atomic E-state index is 0.199. The third kappa shape index (κ3) is 4.01. The summed E-state index contributed by atoms with van der Waals surface area (Å²) in [5.41, 5.74) is 0.989. The maximum Gasteiger partial charge on any atom is 0.0964 e. The van der Waals surface area contributed by atoms with Gasteiger partial charge in [0.1, 0.15) is 0 Å². The molecule has 0 radical (unpaired) electrons. The minimum atomic E-state index is 0.199. The van der Waals surface area contributed by atoms with Gasteiger partial charge in [0, 0.05) is 31.9 Å². The van der Waals surface area contributed by atoms with Crippen molar-refractivity contribution in [1.29, 1.82) is 0 Å². The number of aryl methyl sites for hydroxylation is 1. The maximum atomic E-state index is 8.79. The Kier molecular flexibility index (Phi) is 5.34. The van der Waals surface area contributed by atoms with Crippen LogP contribution in [0.5, 0.6) is 0 Å². The highest BCUT2D eigenvalue weighted by Gasteiger charge is 2.26. The number of rotatable bonds is 6. The van der Waals surface area contributed by atoms with Crippen LogP contribution in [0.2, 0.25) is 0 Å². The van der Waals surface area contributed by atoms with E-state index < -0.39 is 0 Å². The molecule has 3 unspecified atom stereocenters. The normalized spacial score (nSPS) is 27.6. The van der Waals surface area contributed by atoms with Gasteiger partial charge in [-0.15, -0.1) is 5.10 Å². The fourth-order valence-electron chi connectivity index (χ4n) is 2.87. The molecular weight excluding hydrogens is 240 g/mol. The van der Waals surface area contributed by atoms with E-state index in [1.807, 2.05) is 6.20 Å². The molecule has 1 aliphatic carbocycles. The smallest absolute Gasteiger partial charge is 0.0964 e. The van der Waals surface area contributed by atoms with E-state index in [4.69, 9.17) is 5.11 Å². The second-order valence-corrected chi connectivity index (χ2v) is 5.80. The molecule has 1 aliphatic rings. The molecule has 1 heterocycles. The molecule has 19 heavy (non-hydrogen) atoms. The van der Waals surface area contributed by atoms with Crippen LogP contribution in [0.4, 0.5) is 0 Å². The monoisotopic (exact) mass is 266 g/mol. The van der Waals surface area contributed by atoms with Gasteiger partial charge in [0.15, 0.2) is 0 Å². The van der Waals surface area contributed by atoms with Crippen molar-refractivity contribution in [3.63, 3.8) is 0 Å². The SMILES string of the molecule is CC1CCCC(NCc2cn(CCCO)nn2)C1C. The lowest BCUT2D eigenvalue weighted by atomic mass is 9.78. The summed E-state index contributed by atoms with van der Waals surface area (Å²) in [5.74, 6) is 1.55.